The van der Waals surface area contributed by atoms with Gasteiger partial charge in [-0.25, -0.2) is 4.98 Å². The highest BCUT2D eigenvalue weighted by atomic mass is 16.5. The van der Waals surface area contributed by atoms with Crippen molar-refractivity contribution < 1.29 is 9.53 Å². The Kier molecular flexibility index (Phi) is 4.03. The van der Waals surface area contributed by atoms with E-state index in [0.29, 0.717) is 17.0 Å². The first kappa shape index (κ1) is 15.7. The zero-order valence-corrected chi connectivity index (χ0v) is 13.5. The number of aromatic amines is 1. The van der Waals surface area contributed by atoms with Crippen molar-refractivity contribution in [2.75, 3.05) is 12.4 Å². The molecule has 1 aromatic carbocycles. The number of amides is 1. The van der Waals surface area contributed by atoms with Crippen LogP contribution in [0.25, 0.3) is 11.2 Å². The van der Waals surface area contributed by atoms with E-state index in [0.717, 1.165) is 0 Å². The number of aromatic nitrogens is 4. The molecule has 0 aliphatic rings. The van der Waals surface area contributed by atoms with Crippen LogP contribution in [-0.4, -0.2) is 32.5 Å². The molecule has 0 aliphatic heterocycles. The van der Waals surface area contributed by atoms with Crippen LogP contribution in [0.5, 0.6) is 5.75 Å². The van der Waals surface area contributed by atoms with Crippen LogP contribution in [0.1, 0.15) is 30.2 Å². The summed E-state index contributed by atoms with van der Waals surface area (Å²) in [4.78, 5) is 35.3. The summed E-state index contributed by atoms with van der Waals surface area (Å²) in [5.74, 6) is 0.354. The maximum atomic E-state index is 12.3. The second-order valence-corrected chi connectivity index (χ2v) is 5.51. The predicted octanol–water partition coefficient (Wildman–Crippen LogP) is 1.96. The number of carbonyl (C=O) groups is 1. The van der Waals surface area contributed by atoms with Crippen molar-refractivity contribution in [3.63, 3.8) is 0 Å². The standard InChI is InChI=1S/C16H17N5O3/c1-9(2)21-8-17-12-13(21)18-16(20-15(12)23)19-14(22)10-4-6-11(24-3)7-5-10/h4-9H,1-3H3,(H2,18,19,20,22,23). The summed E-state index contributed by atoms with van der Waals surface area (Å²) in [6.45, 7) is 3.92. The zero-order chi connectivity index (χ0) is 17.3. The van der Waals surface area contributed by atoms with Crippen molar-refractivity contribution in [1.82, 2.24) is 19.5 Å². The Morgan fingerprint density at radius 1 is 1.29 bits per heavy atom. The number of H-pyrrole nitrogens is 1. The van der Waals surface area contributed by atoms with Crippen LogP contribution in [0.2, 0.25) is 0 Å². The lowest BCUT2D eigenvalue weighted by molar-refractivity contribution is 0.102. The lowest BCUT2D eigenvalue weighted by Crippen LogP contribution is -2.19. The Morgan fingerprint density at radius 2 is 2.00 bits per heavy atom. The summed E-state index contributed by atoms with van der Waals surface area (Å²) in [5, 5.41) is 2.60. The lowest BCUT2D eigenvalue weighted by atomic mass is 10.2. The van der Waals surface area contributed by atoms with E-state index in [1.165, 1.54) is 0 Å². The van der Waals surface area contributed by atoms with E-state index in [1.54, 1.807) is 42.3 Å². The van der Waals surface area contributed by atoms with Crippen LogP contribution >= 0.6 is 0 Å². The number of rotatable bonds is 4. The zero-order valence-electron chi connectivity index (χ0n) is 13.5. The normalized spacial score (nSPS) is 11.0. The molecule has 2 N–H and O–H groups in total. The van der Waals surface area contributed by atoms with Crippen molar-refractivity contribution in [2.24, 2.45) is 0 Å². The molecule has 0 aliphatic carbocycles. The van der Waals surface area contributed by atoms with Crippen LogP contribution in [0.4, 0.5) is 5.95 Å². The maximum absolute atomic E-state index is 12.3. The van der Waals surface area contributed by atoms with Crippen molar-refractivity contribution in [2.45, 2.75) is 19.9 Å². The summed E-state index contributed by atoms with van der Waals surface area (Å²) >= 11 is 0. The van der Waals surface area contributed by atoms with Crippen LogP contribution in [0.15, 0.2) is 35.4 Å². The molecular formula is C16H17N5O3. The molecule has 0 atom stereocenters. The Hall–Kier alpha value is -3.16. The van der Waals surface area contributed by atoms with Crippen LogP contribution in [-0.2, 0) is 0 Å². The van der Waals surface area contributed by atoms with E-state index in [1.807, 2.05) is 13.8 Å². The van der Waals surface area contributed by atoms with Gasteiger partial charge in [0.05, 0.1) is 13.4 Å². The summed E-state index contributed by atoms with van der Waals surface area (Å²) in [6, 6.07) is 6.71. The van der Waals surface area contributed by atoms with Crippen molar-refractivity contribution >= 4 is 23.0 Å². The van der Waals surface area contributed by atoms with E-state index >= 15 is 0 Å². The number of methoxy groups -OCH3 is 1. The fourth-order valence-electron chi connectivity index (χ4n) is 2.29. The minimum absolute atomic E-state index is 0.0794. The average molecular weight is 327 g/mol. The number of nitrogens with zero attached hydrogens (tertiary/aromatic N) is 3. The van der Waals surface area contributed by atoms with Crippen molar-refractivity contribution in [3.8, 4) is 5.75 Å². The molecule has 0 spiro atoms. The topological polar surface area (TPSA) is 102 Å². The van der Waals surface area contributed by atoms with E-state index in [2.05, 4.69) is 20.3 Å². The Balaban J connectivity index is 1.92. The third kappa shape index (κ3) is 2.85. The van der Waals surface area contributed by atoms with Gasteiger partial charge in [0.2, 0.25) is 5.95 Å². The minimum atomic E-state index is -0.399. The van der Waals surface area contributed by atoms with E-state index in [4.69, 9.17) is 4.74 Å². The molecule has 0 radical (unpaired) electrons. The monoisotopic (exact) mass is 327 g/mol. The molecule has 0 saturated heterocycles. The van der Waals surface area contributed by atoms with Gasteiger partial charge in [0, 0.05) is 11.6 Å². The van der Waals surface area contributed by atoms with Gasteiger partial charge in [-0.2, -0.15) is 4.98 Å². The van der Waals surface area contributed by atoms with Gasteiger partial charge in [0.1, 0.15) is 5.75 Å². The van der Waals surface area contributed by atoms with Crippen molar-refractivity contribution in [3.05, 3.63) is 46.5 Å². The van der Waals surface area contributed by atoms with Gasteiger partial charge >= 0.3 is 0 Å². The van der Waals surface area contributed by atoms with Crippen LogP contribution in [0, 0.1) is 0 Å². The molecule has 3 aromatic rings. The van der Waals surface area contributed by atoms with Gasteiger partial charge in [-0.3, -0.25) is 19.9 Å². The largest absolute Gasteiger partial charge is 0.497 e. The SMILES string of the molecule is COc1ccc(C(=O)Nc2nc3c(ncn3C(C)C)c(=O)[nH]2)cc1. The second-order valence-electron chi connectivity index (χ2n) is 5.51. The Bertz CT molecular complexity index is 940. The summed E-state index contributed by atoms with van der Waals surface area (Å²) < 4.78 is 6.83. The predicted molar refractivity (Wildman–Crippen MR) is 89.5 cm³/mol. The van der Waals surface area contributed by atoms with E-state index in [9.17, 15) is 9.59 Å². The van der Waals surface area contributed by atoms with E-state index in [-0.39, 0.29) is 23.4 Å². The third-order valence-corrected chi connectivity index (χ3v) is 3.57. The number of ether oxygens (including phenoxy) is 1. The van der Waals surface area contributed by atoms with Crippen LogP contribution in [0.3, 0.4) is 0 Å². The number of imidazole rings is 1. The fourth-order valence-corrected chi connectivity index (χ4v) is 2.29. The maximum Gasteiger partial charge on any atom is 0.280 e. The number of benzene rings is 1. The molecular weight excluding hydrogens is 310 g/mol. The first-order chi connectivity index (χ1) is 11.5. The molecule has 3 rings (SSSR count). The molecule has 8 nitrogen and oxygen atoms in total. The van der Waals surface area contributed by atoms with Gasteiger partial charge in [0.25, 0.3) is 11.5 Å². The molecule has 0 unspecified atom stereocenters. The highest BCUT2D eigenvalue weighted by Gasteiger charge is 2.14. The highest BCUT2D eigenvalue weighted by Crippen LogP contribution is 2.15. The molecule has 8 heteroatoms. The molecule has 124 valence electrons. The van der Waals surface area contributed by atoms with Crippen molar-refractivity contribution in [1.29, 1.82) is 0 Å². The van der Waals surface area contributed by atoms with Gasteiger partial charge in [-0.15, -0.1) is 0 Å². The highest BCUT2D eigenvalue weighted by molar-refractivity contribution is 6.03. The third-order valence-electron chi connectivity index (χ3n) is 3.57. The summed E-state index contributed by atoms with van der Waals surface area (Å²) in [6.07, 6.45) is 1.56. The quantitative estimate of drug-likeness (QED) is 0.762. The van der Waals surface area contributed by atoms with E-state index < -0.39 is 5.56 Å². The fraction of sp³-hybridized carbons (Fsp3) is 0.250. The first-order valence-corrected chi connectivity index (χ1v) is 7.42. The molecule has 2 aromatic heterocycles. The van der Waals surface area contributed by atoms with Gasteiger partial charge in [0.15, 0.2) is 11.2 Å². The summed E-state index contributed by atoms with van der Waals surface area (Å²) in [5.41, 5.74) is 0.699. The molecule has 24 heavy (non-hydrogen) atoms. The Labute approximate surface area is 137 Å². The smallest absolute Gasteiger partial charge is 0.280 e. The average Bonchev–Trinajstić information content (AvgIpc) is 2.99. The second kappa shape index (κ2) is 6.15. The number of nitrogens with one attached hydrogen (secondary N) is 2. The van der Waals surface area contributed by atoms with Gasteiger partial charge < -0.3 is 9.30 Å². The molecule has 2 heterocycles. The number of carbonyl (C=O) groups excluding carboxylic acids is 1. The molecule has 0 bridgehead atoms. The number of anilines is 1. The van der Waals surface area contributed by atoms with Gasteiger partial charge in [-0.05, 0) is 38.1 Å². The molecule has 0 fully saturated rings. The van der Waals surface area contributed by atoms with Crippen LogP contribution < -0.4 is 15.6 Å². The molecule has 1 amide bonds. The summed E-state index contributed by atoms with van der Waals surface area (Å²) in [7, 11) is 1.55. The molecule has 0 saturated carbocycles. The number of fused-ring (bicyclic) bond motifs is 1. The minimum Gasteiger partial charge on any atom is -0.497 e. The Morgan fingerprint density at radius 3 is 2.62 bits per heavy atom. The van der Waals surface area contributed by atoms with Gasteiger partial charge in [-0.1, -0.05) is 0 Å². The lowest BCUT2D eigenvalue weighted by Gasteiger charge is -2.08. The first-order valence-electron chi connectivity index (χ1n) is 7.42. The number of hydrogen-bond donors (Lipinski definition) is 2. The number of hydrogen-bond acceptors (Lipinski definition) is 5.